The Kier molecular flexibility index (Phi) is 6.42. The van der Waals surface area contributed by atoms with E-state index in [0.29, 0.717) is 53.6 Å². The number of nitrogens with one attached hydrogen (secondary N) is 1. The molecule has 1 amide bonds. The number of morpholine rings is 1. The monoisotopic (exact) mass is 549 g/mol. The van der Waals surface area contributed by atoms with E-state index in [4.69, 9.17) is 4.74 Å². The summed E-state index contributed by atoms with van der Waals surface area (Å²) in [5, 5.41) is 3.95. The first-order chi connectivity index (χ1) is 18.2. The number of hydrogen-bond donors (Lipinski definition) is 1. The van der Waals surface area contributed by atoms with E-state index < -0.39 is 18.4 Å². The van der Waals surface area contributed by atoms with Crippen LogP contribution in [0.1, 0.15) is 34.5 Å². The number of carbonyl (C=O) groups is 1. The van der Waals surface area contributed by atoms with E-state index in [-0.39, 0.29) is 22.2 Å². The normalized spacial score (nSPS) is 23.7. The van der Waals surface area contributed by atoms with Crippen molar-refractivity contribution >= 4 is 39.0 Å². The molecular formula is C26H27F4N5O2S. The Morgan fingerprint density at radius 1 is 1.16 bits per heavy atom. The fourth-order valence-electron chi connectivity index (χ4n) is 5.90. The van der Waals surface area contributed by atoms with Crippen molar-refractivity contribution in [3.63, 3.8) is 0 Å². The molecule has 0 radical (unpaired) electrons. The summed E-state index contributed by atoms with van der Waals surface area (Å²) in [6.07, 6.45) is -1.17. The topological polar surface area (TPSA) is 70.6 Å². The Morgan fingerprint density at radius 2 is 1.95 bits per heavy atom. The zero-order chi connectivity index (χ0) is 26.5. The summed E-state index contributed by atoms with van der Waals surface area (Å²) in [5.74, 6) is 0.0375. The predicted molar refractivity (Wildman–Crippen MR) is 136 cm³/mol. The van der Waals surface area contributed by atoms with Crippen molar-refractivity contribution in [2.45, 2.75) is 37.9 Å². The molecule has 1 N–H and O–H groups in total. The average molecular weight is 550 g/mol. The summed E-state index contributed by atoms with van der Waals surface area (Å²) in [5.41, 5.74) is 0.767. The molecule has 0 bridgehead atoms. The van der Waals surface area contributed by atoms with E-state index in [0.717, 1.165) is 43.7 Å². The van der Waals surface area contributed by atoms with Crippen LogP contribution in [0.5, 0.6) is 0 Å². The van der Waals surface area contributed by atoms with Crippen molar-refractivity contribution in [3.05, 3.63) is 46.9 Å². The van der Waals surface area contributed by atoms with Crippen LogP contribution in [0.15, 0.2) is 30.6 Å². The molecule has 1 aliphatic carbocycles. The Hall–Kier alpha value is -2.99. The van der Waals surface area contributed by atoms with E-state index in [2.05, 4.69) is 20.2 Å². The number of halogens is 4. The van der Waals surface area contributed by atoms with E-state index in [9.17, 15) is 22.4 Å². The standard InChI is InChI=1S/C26H27F4N5O2S/c27-20-9-16(24(36)34-5-7-37-8-6-34)1-2-21(20)33-17-11-25(12-17)3-4-35(14-25)22-19-10-18(13-26(28,29)30)38-23(19)32-15-31-22/h1-2,9-10,15,17,33H,3-8,11-14H2. The molecule has 6 rings (SSSR count). The van der Waals surface area contributed by atoms with Crippen LogP contribution < -0.4 is 10.2 Å². The zero-order valence-corrected chi connectivity index (χ0v) is 21.4. The molecule has 2 aliphatic heterocycles. The molecule has 4 heterocycles. The molecule has 3 aromatic rings. The van der Waals surface area contributed by atoms with Crippen LogP contribution in [-0.4, -0.2) is 72.4 Å². The molecule has 7 nitrogen and oxygen atoms in total. The Balaban J connectivity index is 1.08. The summed E-state index contributed by atoms with van der Waals surface area (Å²) >= 11 is 1.06. The second-order valence-electron chi connectivity index (χ2n) is 10.4. The minimum atomic E-state index is -4.27. The number of hydrogen-bond acceptors (Lipinski definition) is 7. The summed E-state index contributed by atoms with van der Waals surface area (Å²) in [4.78, 5) is 25.8. The quantitative estimate of drug-likeness (QED) is 0.458. The van der Waals surface area contributed by atoms with Gasteiger partial charge in [0.05, 0.1) is 30.7 Å². The van der Waals surface area contributed by atoms with Gasteiger partial charge in [0.15, 0.2) is 0 Å². The lowest BCUT2D eigenvalue weighted by Crippen LogP contribution is -2.47. The maximum absolute atomic E-state index is 14.9. The molecule has 2 aromatic heterocycles. The number of aromatic nitrogens is 2. The third-order valence-corrected chi connectivity index (χ3v) is 8.75. The fraction of sp³-hybridized carbons (Fsp3) is 0.500. The van der Waals surface area contributed by atoms with Gasteiger partial charge in [-0.15, -0.1) is 11.3 Å². The van der Waals surface area contributed by atoms with Gasteiger partial charge in [-0.05, 0) is 48.9 Å². The molecule has 3 aliphatic rings. The van der Waals surface area contributed by atoms with Crippen molar-refractivity contribution in [2.24, 2.45) is 5.41 Å². The van der Waals surface area contributed by atoms with Gasteiger partial charge >= 0.3 is 6.18 Å². The highest BCUT2D eigenvalue weighted by Gasteiger charge is 2.49. The molecular weight excluding hydrogens is 522 g/mol. The maximum Gasteiger partial charge on any atom is 0.393 e. The highest BCUT2D eigenvalue weighted by Crippen LogP contribution is 2.50. The van der Waals surface area contributed by atoms with Crippen molar-refractivity contribution < 1.29 is 27.1 Å². The van der Waals surface area contributed by atoms with Gasteiger partial charge in [0.25, 0.3) is 5.91 Å². The van der Waals surface area contributed by atoms with Crippen LogP contribution in [0.3, 0.4) is 0 Å². The SMILES string of the molecule is O=C(c1ccc(NC2CC3(CCN(c4ncnc5sc(CC(F)(F)F)cc45)C3)C2)c(F)c1)N1CCOCC1. The largest absolute Gasteiger partial charge is 0.393 e. The average Bonchev–Trinajstić information content (AvgIpc) is 3.48. The molecule has 0 unspecified atom stereocenters. The molecule has 1 spiro atoms. The molecule has 38 heavy (non-hydrogen) atoms. The number of fused-ring (bicyclic) bond motifs is 1. The fourth-order valence-corrected chi connectivity index (χ4v) is 6.92. The van der Waals surface area contributed by atoms with Crippen molar-refractivity contribution in [2.75, 3.05) is 49.6 Å². The third-order valence-electron chi connectivity index (χ3n) is 7.70. The first kappa shape index (κ1) is 25.3. The number of rotatable bonds is 5. The number of thiophene rings is 1. The minimum Gasteiger partial charge on any atom is -0.380 e. The van der Waals surface area contributed by atoms with Crippen molar-refractivity contribution in [3.8, 4) is 0 Å². The Bertz CT molecular complexity index is 1350. The number of anilines is 2. The van der Waals surface area contributed by atoms with Crippen LogP contribution in [0.2, 0.25) is 0 Å². The molecule has 0 atom stereocenters. The van der Waals surface area contributed by atoms with Gasteiger partial charge in [-0.2, -0.15) is 13.2 Å². The number of benzene rings is 1. The van der Waals surface area contributed by atoms with Gasteiger partial charge in [0.1, 0.15) is 22.8 Å². The Morgan fingerprint density at radius 3 is 2.68 bits per heavy atom. The van der Waals surface area contributed by atoms with Crippen LogP contribution in [0, 0.1) is 11.2 Å². The second-order valence-corrected chi connectivity index (χ2v) is 11.6. The second kappa shape index (κ2) is 9.64. The van der Waals surface area contributed by atoms with Gasteiger partial charge in [0.2, 0.25) is 0 Å². The first-order valence-corrected chi connectivity index (χ1v) is 13.5. The zero-order valence-electron chi connectivity index (χ0n) is 20.6. The molecule has 202 valence electrons. The van der Waals surface area contributed by atoms with E-state index in [1.807, 2.05) is 0 Å². The summed E-state index contributed by atoms with van der Waals surface area (Å²) in [7, 11) is 0. The van der Waals surface area contributed by atoms with E-state index in [1.54, 1.807) is 23.1 Å². The van der Waals surface area contributed by atoms with Crippen LogP contribution in [0.25, 0.3) is 10.2 Å². The maximum atomic E-state index is 14.9. The van der Waals surface area contributed by atoms with Gasteiger partial charge in [-0.1, -0.05) is 0 Å². The van der Waals surface area contributed by atoms with Gasteiger partial charge in [0, 0.05) is 42.7 Å². The van der Waals surface area contributed by atoms with Crippen molar-refractivity contribution in [1.29, 1.82) is 0 Å². The number of amides is 1. The van der Waals surface area contributed by atoms with Gasteiger partial charge < -0.3 is 19.9 Å². The van der Waals surface area contributed by atoms with Crippen LogP contribution >= 0.6 is 11.3 Å². The smallest absolute Gasteiger partial charge is 0.380 e. The van der Waals surface area contributed by atoms with Gasteiger partial charge in [-0.3, -0.25) is 4.79 Å². The summed E-state index contributed by atoms with van der Waals surface area (Å²) in [6, 6.07) is 6.25. The van der Waals surface area contributed by atoms with E-state index in [1.165, 1.54) is 12.4 Å². The molecule has 12 heteroatoms. The highest BCUT2D eigenvalue weighted by atomic mass is 32.1. The highest BCUT2D eigenvalue weighted by molar-refractivity contribution is 7.18. The predicted octanol–water partition coefficient (Wildman–Crippen LogP) is 4.88. The lowest BCUT2D eigenvalue weighted by atomic mass is 9.65. The molecule has 3 fully saturated rings. The number of nitrogens with zero attached hydrogens (tertiary/aromatic N) is 4. The molecule has 1 aromatic carbocycles. The Labute approximate surface area is 220 Å². The molecule has 2 saturated heterocycles. The summed E-state index contributed by atoms with van der Waals surface area (Å²) in [6.45, 7) is 3.49. The van der Waals surface area contributed by atoms with Crippen LogP contribution in [-0.2, 0) is 11.2 Å². The molecule has 1 saturated carbocycles. The first-order valence-electron chi connectivity index (χ1n) is 12.7. The third kappa shape index (κ3) is 5.03. The van der Waals surface area contributed by atoms with Crippen molar-refractivity contribution in [1.82, 2.24) is 14.9 Å². The number of carbonyl (C=O) groups excluding carboxylic acids is 1. The number of alkyl halides is 3. The minimum absolute atomic E-state index is 0.0580. The lowest BCUT2D eigenvalue weighted by Gasteiger charge is -2.46. The lowest BCUT2D eigenvalue weighted by molar-refractivity contribution is -0.126. The number of ether oxygens (including phenoxy) is 1. The van der Waals surface area contributed by atoms with Gasteiger partial charge in [-0.25, -0.2) is 14.4 Å². The van der Waals surface area contributed by atoms with E-state index >= 15 is 0 Å². The van der Waals surface area contributed by atoms with Crippen LogP contribution in [0.4, 0.5) is 29.1 Å². The summed E-state index contributed by atoms with van der Waals surface area (Å²) < 4.78 is 58.8.